The number of amides is 1. The zero-order valence-electron chi connectivity index (χ0n) is 21.5. The fourth-order valence-corrected chi connectivity index (χ4v) is 4.99. The summed E-state index contributed by atoms with van der Waals surface area (Å²) in [6.45, 7) is 5.75. The normalized spacial score (nSPS) is 16.9. The van der Waals surface area contributed by atoms with Crippen LogP contribution in [0.4, 0.5) is 19.0 Å². The Labute approximate surface area is 212 Å². The second kappa shape index (κ2) is 12.1. The van der Waals surface area contributed by atoms with Crippen molar-refractivity contribution in [2.24, 2.45) is 17.6 Å². The number of halogens is 3. The number of nitrogens with two attached hydrogens (primary N) is 1. The number of ether oxygens (including phenoxy) is 1. The number of hydrogen-bond acceptors (Lipinski definition) is 4. The van der Waals surface area contributed by atoms with Crippen molar-refractivity contribution in [1.82, 2.24) is 4.98 Å². The van der Waals surface area contributed by atoms with Crippen molar-refractivity contribution in [3.63, 3.8) is 0 Å². The Morgan fingerprint density at radius 2 is 1.78 bits per heavy atom. The van der Waals surface area contributed by atoms with Gasteiger partial charge in [0.2, 0.25) is 5.91 Å². The van der Waals surface area contributed by atoms with Crippen LogP contribution < -0.4 is 15.8 Å². The van der Waals surface area contributed by atoms with Crippen LogP contribution in [0.1, 0.15) is 77.7 Å². The van der Waals surface area contributed by atoms with Crippen molar-refractivity contribution in [2.75, 3.05) is 11.9 Å². The van der Waals surface area contributed by atoms with Crippen molar-refractivity contribution in [3.05, 3.63) is 42.1 Å². The predicted molar refractivity (Wildman–Crippen MR) is 137 cm³/mol. The molecule has 0 bridgehead atoms. The van der Waals surface area contributed by atoms with Crippen LogP contribution in [0.5, 0.6) is 5.75 Å². The third kappa shape index (κ3) is 8.50. The van der Waals surface area contributed by atoms with Gasteiger partial charge in [-0.2, -0.15) is 13.2 Å². The molecule has 3 rings (SSSR count). The molecule has 1 aromatic carbocycles. The monoisotopic (exact) mass is 505 g/mol. The van der Waals surface area contributed by atoms with Gasteiger partial charge in [-0.3, -0.25) is 4.79 Å². The van der Waals surface area contributed by atoms with Gasteiger partial charge in [0.1, 0.15) is 18.2 Å². The molecule has 1 aliphatic carbocycles. The van der Waals surface area contributed by atoms with E-state index in [0.717, 1.165) is 31.7 Å². The SMILES string of the molecule is CC(C)C[C@](C)(N)COc1ccc(-c2ccnc(NC(=O)CC3CCCCCC3)c2)cc1C(F)(F)F. The molecule has 0 saturated heterocycles. The number of aromatic nitrogens is 1. The molecule has 0 spiro atoms. The summed E-state index contributed by atoms with van der Waals surface area (Å²) in [5.74, 6) is 0.623. The van der Waals surface area contributed by atoms with Gasteiger partial charge in [0.25, 0.3) is 0 Å². The molecule has 1 fully saturated rings. The van der Waals surface area contributed by atoms with Crippen LogP contribution in [0, 0.1) is 11.8 Å². The number of pyridine rings is 1. The van der Waals surface area contributed by atoms with E-state index in [4.69, 9.17) is 10.5 Å². The predicted octanol–water partition coefficient (Wildman–Crippen LogP) is 7.21. The van der Waals surface area contributed by atoms with E-state index >= 15 is 0 Å². The Hall–Kier alpha value is -2.61. The summed E-state index contributed by atoms with van der Waals surface area (Å²) in [5.41, 5.74) is 5.49. The van der Waals surface area contributed by atoms with Gasteiger partial charge in [0.15, 0.2) is 0 Å². The van der Waals surface area contributed by atoms with Crippen LogP contribution >= 0.6 is 0 Å². The van der Waals surface area contributed by atoms with E-state index in [0.29, 0.717) is 41.6 Å². The van der Waals surface area contributed by atoms with Crippen LogP contribution in [0.15, 0.2) is 36.5 Å². The fourth-order valence-electron chi connectivity index (χ4n) is 4.99. The van der Waals surface area contributed by atoms with Gasteiger partial charge in [-0.15, -0.1) is 0 Å². The molecule has 1 heterocycles. The molecule has 0 aliphatic heterocycles. The first-order valence-corrected chi connectivity index (χ1v) is 12.8. The maximum absolute atomic E-state index is 13.9. The van der Waals surface area contributed by atoms with Gasteiger partial charge in [0.05, 0.1) is 5.56 Å². The van der Waals surface area contributed by atoms with Gasteiger partial charge in [-0.25, -0.2) is 4.98 Å². The second-order valence-corrected chi connectivity index (χ2v) is 10.8. The zero-order valence-corrected chi connectivity index (χ0v) is 21.5. The Bertz CT molecular complexity index is 1010. The number of alkyl halides is 3. The summed E-state index contributed by atoms with van der Waals surface area (Å²) in [5, 5.41) is 2.82. The van der Waals surface area contributed by atoms with Gasteiger partial charge in [0, 0.05) is 18.2 Å². The minimum Gasteiger partial charge on any atom is -0.491 e. The largest absolute Gasteiger partial charge is 0.491 e. The first kappa shape index (κ1) is 28.0. The summed E-state index contributed by atoms with van der Waals surface area (Å²) in [6.07, 6.45) is 4.78. The van der Waals surface area contributed by atoms with Crippen molar-refractivity contribution in [2.45, 2.75) is 83.9 Å². The third-order valence-electron chi connectivity index (χ3n) is 6.53. The summed E-state index contributed by atoms with van der Waals surface area (Å²) < 4.78 is 47.3. The molecule has 1 atom stereocenters. The Morgan fingerprint density at radius 1 is 1.11 bits per heavy atom. The number of benzene rings is 1. The lowest BCUT2D eigenvalue weighted by atomic mass is 9.93. The number of nitrogens with zero attached hydrogens (tertiary/aromatic N) is 1. The fraction of sp³-hybridized carbons (Fsp3) is 0.571. The van der Waals surface area contributed by atoms with Crippen molar-refractivity contribution in [3.8, 4) is 16.9 Å². The Balaban J connectivity index is 1.75. The summed E-state index contributed by atoms with van der Waals surface area (Å²) >= 11 is 0. The Morgan fingerprint density at radius 3 is 2.42 bits per heavy atom. The van der Waals surface area contributed by atoms with E-state index in [9.17, 15) is 18.0 Å². The molecule has 36 heavy (non-hydrogen) atoms. The van der Waals surface area contributed by atoms with Crippen molar-refractivity contribution >= 4 is 11.7 Å². The number of rotatable bonds is 9. The molecule has 3 N–H and O–H groups in total. The quantitative estimate of drug-likeness (QED) is 0.353. The molecule has 0 radical (unpaired) electrons. The number of anilines is 1. The number of nitrogens with one attached hydrogen (secondary N) is 1. The third-order valence-corrected chi connectivity index (χ3v) is 6.53. The average Bonchev–Trinajstić information content (AvgIpc) is 3.05. The highest BCUT2D eigenvalue weighted by Crippen LogP contribution is 2.39. The minimum absolute atomic E-state index is 0.0277. The smallest absolute Gasteiger partial charge is 0.419 e. The molecule has 0 unspecified atom stereocenters. The first-order chi connectivity index (χ1) is 16.9. The summed E-state index contributed by atoms with van der Waals surface area (Å²) in [6, 6.07) is 7.19. The Kier molecular flexibility index (Phi) is 9.39. The number of hydrogen-bond donors (Lipinski definition) is 2. The molecule has 8 heteroatoms. The number of carbonyl (C=O) groups is 1. The topological polar surface area (TPSA) is 77.2 Å². The molecular formula is C28H38F3N3O2. The highest BCUT2D eigenvalue weighted by Gasteiger charge is 2.35. The van der Waals surface area contributed by atoms with E-state index < -0.39 is 17.3 Å². The minimum atomic E-state index is -4.60. The molecule has 198 valence electrons. The molecular weight excluding hydrogens is 467 g/mol. The van der Waals surface area contributed by atoms with E-state index in [1.54, 1.807) is 25.1 Å². The molecule has 2 aromatic rings. The zero-order chi connectivity index (χ0) is 26.3. The van der Waals surface area contributed by atoms with Gasteiger partial charge in [-0.1, -0.05) is 45.6 Å². The van der Waals surface area contributed by atoms with E-state index in [-0.39, 0.29) is 18.3 Å². The van der Waals surface area contributed by atoms with Gasteiger partial charge >= 0.3 is 6.18 Å². The van der Waals surface area contributed by atoms with E-state index in [2.05, 4.69) is 10.3 Å². The van der Waals surface area contributed by atoms with Gasteiger partial charge < -0.3 is 15.8 Å². The standard InChI is InChI=1S/C28H38F3N3O2/c1-19(2)17-27(3,32)18-36-24-11-10-21(15-23(24)28(29,30)31)22-12-13-33-25(16-22)34-26(35)14-20-8-6-4-5-7-9-20/h10-13,15-16,19-20H,4-9,14,17-18,32H2,1-3H3,(H,33,34,35)/t27-/m0/s1. The lowest BCUT2D eigenvalue weighted by Crippen LogP contribution is -2.43. The lowest BCUT2D eigenvalue weighted by molar-refractivity contribution is -0.139. The summed E-state index contributed by atoms with van der Waals surface area (Å²) in [7, 11) is 0. The summed E-state index contributed by atoms with van der Waals surface area (Å²) in [4.78, 5) is 16.8. The van der Waals surface area contributed by atoms with E-state index in [1.165, 1.54) is 25.1 Å². The van der Waals surface area contributed by atoms with Gasteiger partial charge in [-0.05, 0) is 73.4 Å². The van der Waals surface area contributed by atoms with Crippen LogP contribution in [0.3, 0.4) is 0 Å². The first-order valence-electron chi connectivity index (χ1n) is 12.8. The highest BCUT2D eigenvalue weighted by atomic mass is 19.4. The maximum atomic E-state index is 13.9. The van der Waals surface area contributed by atoms with Crippen LogP contribution in [-0.2, 0) is 11.0 Å². The van der Waals surface area contributed by atoms with Crippen LogP contribution in [0.25, 0.3) is 11.1 Å². The molecule has 1 saturated carbocycles. The van der Waals surface area contributed by atoms with Crippen molar-refractivity contribution in [1.29, 1.82) is 0 Å². The second-order valence-electron chi connectivity index (χ2n) is 10.8. The number of carbonyl (C=O) groups excluding carboxylic acids is 1. The maximum Gasteiger partial charge on any atom is 0.419 e. The molecule has 5 nitrogen and oxygen atoms in total. The van der Waals surface area contributed by atoms with Crippen LogP contribution in [-0.4, -0.2) is 23.0 Å². The van der Waals surface area contributed by atoms with E-state index in [1.807, 2.05) is 13.8 Å². The average molecular weight is 506 g/mol. The lowest BCUT2D eigenvalue weighted by Gasteiger charge is -2.27. The van der Waals surface area contributed by atoms with Crippen molar-refractivity contribution < 1.29 is 22.7 Å². The molecule has 1 amide bonds. The highest BCUT2D eigenvalue weighted by molar-refractivity contribution is 5.90. The molecule has 1 aliphatic rings. The molecule has 1 aromatic heterocycles. The van der Waals surface area contributed by atoms with Crippen LogP contribution in [0.2, 0.25) is 0 Å².